The van der Waals surface area contributed by atoms with Crippen molar-refractivity contribution in [2.45, 2.75) is 32.2 Å². The first-order chi connectivity index (χ1) is 13.0. The lowest BCUT2D eigenvalue weighted by Crippen LogP contribution is -2.35. The van der Waals surface area contributed by atoms with Gasteiger partial charge < -0.3 is 20.6 Å². The molecule has 1 fully saturated rings. The van der Waals surface area contributed by atoms with Crippen LogP contribution in [0.15, 0.2) is 48.5 Å². The molecule has 6 heteroatoms. The van der Waals surface area contributed by atoms with Gasteiger partial charge in [0.15, 0.2) is 0 Å². The number of aromatic hydroxyl groups is 1. The van der Waals surface area contributed by atoms with E-state index in [9.17, 15) is 14.7 Å². The lowest BCUT2D eigenvalue weighted by molar-refractivity contribution is -0.116. The Hall–Kier alpha value is -3.02. The molecule has 1 aliphatic heterocycles. The van der Waals surface area contributed by atoms with E-state index in [2.05, 4.69) is 21.6 Å². The van der Waals surface area contributed by atoms with Crippen LogP contribution in [0.3, 0.4) is 0 Å². The van der Waals surface area contributed by atoms with Crippen LogP contribution in [0.5, 0.6) is 5.75 Å². The highest BCUT2D eigenvalue weighted by Gasteiger charge is 2.16. The first-order valence-electron chi connectivity index (χ1n) is 9.26. The summed E-state index contributed by atoms with van der Waals surface area (Å²) < 4.78 is 0. The summed E-state index contributed by atoms with van der Waals surface area (Å²) in [5.74, 6) is -0.645. The summed E-state index contributed by atoms with van der Waals surface area (Å²) in [7, 11) is 0. The van der Waals surface area contributed by atoms with E-state index < -0.39 is 5.91 Å². The van der Waals surface area contributed by atoms with Crippen LogP contribution >= 0.6 is 0 Å². The third kappa shape index (κ3) is 5.00. The number of nitrogens with one attached hydrogen (secondary N) is 2. The number of phenolic OH excluding ortho intramolecular Hbond substituents is 1. The largest absolute Gasteiger partial charge is 0.507 e. The second kappa shape index (κ2) is 8.58. The molecule has 2 amide bonds. The number of carbonyl (C=O) groups is 2. The number of phenols is 1. The fraction of sp³-hybridized carbons (Fsp3) is 0.333. The number of anilines is 2. The van der Waals surface area contributed by atoms with Crippen molar-refractivity contribution in [3.05, 3.63) is 54.1 Å². The van der Waals surface area contributed by atoms with Crippen LogP contribution in [0.2, 0.25) is 0 Å². The van der Waals surface area contributed by atoms with Crippen molar-refractivity contribution >= 4 is 23.2 Å². The monoisotopic (exact) mass is 367 g/mol. The highest BCUT2D eigenvalue weighted by Crippen LogP contribution is 2.23. The Morgan fingerprint density at radius 2 is 1.85 bits per heavy atom. The van der Waals surface area contributed by atoms with Gasteiger partial charge in [-0.3, -0.25) is 9.59 Å². The Labute approximate surface area is 159 Å². The summed E-state index contributed by atoms with van der Waals surface area (Å²) in [6, 6.07) is 13.8. The molecule has 1 saturated heterocycles. The van der Waals surface area contributed by atoms with Crippen LogP contribution in [0, 0.1) is 0 Å². The number of nitrogens with zero attached hydrogens (tertiary/aromatic N) is 1. The van der Waals surface area contributed by atoms with Gasteiger partial charge in [-0.05, 0) is 50.1 Å². The molecule has 3 rings (SSSR count). The Bertz CT molecular complexity index is 816. The van der Waals surface area contributed by atoms with E-state index in [0.29, 0.717) is 0 Å². The normalized spacial score (nSPS) is 14.6. The minimum absolute atomic E-state index is 0.0784. The molecule has 0 saturated carbocycles. The lowest BCUT2D eigenvalue weighted by atomic mass is 10.1. The summed E-state index contributed by atoms with van der Waals surface area (Å²) in [4.78, 5) is 26.8. The van der Waals surface area contributed by atoms with Crippen molar-refractivity contribution in [1.82, 2.24) is 5.32 Å². The summed E-state index contributed by atoms with van der Waals surface area (Å²) in [6.07, 6.45) is 2.54. The minimum atomic E-state index is -0.399. The molecule has 142 valence electrons. The Morgan fingerprint density at radius 1 is 1.11 bits per heavy atom. The molecule has 0 aliphatic carbocycles. The summed E-state index contributed by atoms with van der Waals surface area (Å²) >= 11 is 0. The molecule has 1 atom stereocenters. The fourth-order valence-corrected chi connectivity index (χ4v) is 3.26. The number of rotatable bonds is 6. The topological polar surface area (TPSA) is 81.7 Å². The third-order valence-electron chi connectivity index (χ3n) is 4.62. The molecule has 3 N–H and O–H groups in total. The van der Waals surface area contributed by atoms with E-state index in [1.54, 1.807) is 25.1 Å². The average molecular weight is 367 g/mol. The smallest absolute Gasteiger partial charge is 0.255 e. The molecule has 2 aromatic carbocycles. The van der Waals surface area contributed by atoms with Gasteiger partial charge in [-0.1, -0.05) is 18.2 Å². The van der Waals surface area contributed by atoms with Gasteiger partial charge >= 0.3 is 0 Å². The van der Waals surface area contributed by atoms with Crippen LogP contribution in [-0.2, 0) is 4.79 Å². The molecule has 0 aromatic heterocycles. The number of carbonyl (C=O) groups excluding carboxylic acids is 2. The van der Waals surface area contributed by atoms with Crippen molar-refractivity contribution in [3.63, 3.8) is 0 Å². The van der Waals surface area contributed by atoms with E-state index in [1.807, 2.05) is 18.2 Å². The highest BCUT2D eigenvalue weighted by molar-refractivity contribution is 5.97. The average Bonchev–Trinajstić information content (AvgIpc) is 3.16. The van der Waals surface area contributed by atoms with E-state index in [4.69, 9.17) is 0 Å². The molecule has 0 spiro atoms. The maximum absolute atomic E-state index is 12.3. The second-order valence-corrected chi connectivity index (χ2v) is 6.89. The maximum atomic E-state index is 12.3. The molecular weight excluding hydrogens is 342 g/mol. The van der Waals surface area contributed by atoms with Gasteiger partial charge in [0.05, 0.1) is 5.56 Å². The Balaban J connectivity index is 1.53. The number of amides is 2. The number of benzene rings is 2. The van der Waals surface area contributed by atoms with Crippen molar-refractivity contribution in [2.24, 2.45) is 0 Å². The molecule has 27 heavy (non-hydrogen) atoms. The zero-order valence-electron chi connectivity index (χ0n) is 15.4. The molecule has 1 aliphatic rings. The maximum Gasteiger partial charge on any atom is 0.255 e. The van der Waals surface area contributed by atoms with Crippen LogP contribution in [0.1, 0.15) is 36.5 Å². The van der Waals surface area contributed by atoms with E-state index in [0.717, 1.165) is 24.5 Å². The summed E-state index contributed by atoms with van der Waals surface area (Å²) in [5, 5.41) is 15.4. The molecule has 6 nitrogen and oxygen atoms in total. The van der Waals surface area contributed by atoms with Crippen molar-refractivity contribution in [1.29, 1.82) is 0 Å². The van der Waals surface area contributed by atoms with Crippen LogP contribution < -0.4 is 15.5 Å². The molecule has 0 radical (unpaired) electrons. The molecule has 0 bridgehead atoms. The van der Waals surface area contributed by atoms with E-state index >= 15 is 0 Å². The Kier molecular flexibility index (Phi) is 5.96. The first-order valence-corrected chi connectivity index (χ1v) is 9.26. The zero-order chi connectivity index (χ0) is 19.2. The van der Waals surface area contributed by atoms with Crippen LogP contribution in [-0.4, -0.2) is 36.1 Å². The van der Waals surface area contributed by atoms with Crippen molar-refractivity contribution in [3.8, 4) is 5.75 Å². The SMILES string of the molecule is CC(CC(=O)Nc1cccc(N2CCCC2)c1)NC(=O)c1ccccc1O. The predicted octanol–water partition coefficient (Wildman–Crippen LogP) is 3.14. The van der Waals surface area contributed by atoms with Crippen molar-refractivity contribution < 1.29 is 14.7 Å². The highest BCUT2D eigenvalue weighted by atomic mass is 16.3. The molecular formula is C21H25N3O3. The van der Waals surface area contributed by atoms with Crippen LogP contribution in [0.4, 0.5) is 11.4 Å². The lowest BCUT2D eigenvalue weighted by Gasteiger charge is -2.19. The minimum Gasteiger partial charge on any atom is -0.507 e. The van der Waals surface area contributed by atoms with Gasteiger partial charge in [-0.25, -0.2) is 0 Å². The fourth-order valence-electron chi connectivity index (χ4n) is 3.26. The van der Waals surface area contributed by atoms with Gasteiger partial charge in [0.25, 0.3) is 5.91 Å². The first kappa shape index (κ1) is 18.8. The van der Waals surface area contributed by atoms with Crippen molar-refractivity contribution in [2.75, 3.05) is 23.3 Å². The Morgan fingerprint density at radius 3 is 2.59 bits per heavy atom. The quantitative estimate of drug-likeness (QED) is 0.733. The van der Waals surface area contributed by atoms with E-state index in [-0.39, 0.29) is 29.7 Å². The second-order valence-electron chi connectivity index (χ2n) is 6.89. The summed E-state index contributed by atoms with van der Waals surface area (Å²) in [6.45, 7) is 3.86. The van der Waals surface area contributed by atoms with Gasteiger partial charge in [0.1, 0.15) is 5.75 Å². The van der Waals surface area contributed by atoms with Gasteiger partial charge in [-0.15, -0.1) is 0 Å². The summed E-state index contributed by atoms with van der Waals surface area (Å²) in [5.41, 5.74) is 2.07. The van der Waals surface area contributed by atoms with Gasteiger partial charge in [-0.2, -0.15) is 0 Å². The van der Waals surface area contributed by atoms with Gasteiger partial charge in [0.2, 0.25) is 5.91 Å². The standard InChI is InChI=1S/C21H25N3O3/c1-15(22-21(27)18-9-2-3-10-19(18)25)13-20(26)23-16-7-6-8-17(14-16)24-11-4-5-12-24/h2-3,6-10,14-15,25H,4-5,11-13H2,1H3,(H,22,27)(H,23,26). The zero-order valence-corrected chi connectivity index (χ0v) is 15.4. The number of hydrogen-bond donors (Lipinski definition) is 3. The van der Waals surface area contributed by atoms with E-state index in [1.165, 1.54) is 18.9 Å². The molecule has 2 aromatic rings. The molecule has 1 heterocycles. The number of hydrogen-bond acceptors (Lipinski definition) is 4. The predicted molar refractivity (Wildman–Crippen MR) is 106 cm³/mol. The van der Waals surface area contributed by atoms with Crippen LogP contribution in [0.25, 0.3) is 0 Å². The molecule has 1 unspecified atom stereocenters. The van der Waals surface area contributed by atoms with Gasteiger partial charge in [0, 0.05) is 36.9 Å². The third-order valence-corrected chi connectivity index (χ3v) is 4.62. The number of para-hydroxylation sites is 1.